The van der Waals surface area contributed by atoms with Crippen molar-refractivity contribution in [3.63, 3.8) is 0 Å². The molecule has 0 aromatic carbocycles. The molecule has 1 amide bonds. The first-order valence-electron chi connectivity index (χ1n) is 6.75. The van der Waals surface area contributed by atoms with E-state index in [0.717, 1.165) is 25.0 Å². The third-order valence-corrected chi connectivity index (χ3v) is 3.88. The second-order valence-electron chi connectivity index (χ2n) is 5.03. The number of nitrogens with zero attached hydrogens (tertiary/aromatic N) is 2. The van der Waals surface area contributed by atoms with E-state index in [-0.39, 0.29) is 5.91 Å². The van der Waals surface area contributed by atoms with Gasteiger partial charge in [-0.05, 0) is 19.3 Å². The number of nitrogens with one attached hydrogen (secondary N) is 1. The van der Waals surface area contributed by atoms with Gasteiger partial charge in [0.25, 0.3) is 5.91 Å². The van der Waals surface area contributed by atoms with Crippen LogP contribution in [0.5, 0.6) is 0 Å². The predicted molar refractivity (Wildman–Crippen MR) is 71.3 cm³/mol. The van der Waals surface area contributed by atoms with Gasteiger partial charge in [0.1, 0.15) is 0 Å². The van der Waals surface area contributed by atoms with Crippen molar-refractivity contribution in [2.24, 2.45) is 0 Å². The highest BCUT2D eigenvalue weighted by Gasteiger charge is 2.26. The molecule has 3 N–H and O–H groups in total. The third kappa shape index (κ3) is 2.35. The molecule has 0 saturated heterocycles. The van der Waals surface area contributed by atoms with Crippen LogP contribution < -0.4 is 5.73 Å². The number of H-pyrrole nitrogens is 1. The van der Waals surface area contributed by atoms with E-state index in [9.17, 15) is 4.79 Å². The first kappa shape index (κ1) is 12.9. The van der Waals surface area contributed by atoms with Crippen molar-refractivity contribution in [2.45, 2.75) is 51.5 Å². The van der Waals surface area contributed by atoms with E-state index < -0.39 is 0 Å². The van der Waals surface area contributed by atoms with Gasteiger partial charge in [-0.25, -0.2) is 0 Å². The van der Waals surface area contributed by atoms with Gasteiger partial charge in [-0.3, -0.25) is 9.89 Å². The van der Waals surface area contributed by atoms with Crippen LogP contribution in [0.4, 0.5) is 5.69 Å². The molecule has 1 aliphatic carbocycles. The van der Waals surface area contributed by atoms with E-state index in [0.29, 0.717) is 17.4 Å². The van der Waals surface area contributed by atoms with Crippen molar-refractivity contribution in [1.82, 2.24) is 15.1 Å². The normalized spacial score (nSPS) is 16.8. The molecule has 0 aliphatic heterocycles. The maximum absolute atomic E-state index is 12.4. The number of carbonyl (C=O) groups is 1. The second-order valence-corrected chi connectivity index (χ2v) is 5.03. The maximum atomic E-state index is 12.4. The highest BCUT2D eigenvalue weighted by molar-refractivity contribution is 5.97. The van der Waals surface area contributed by atoms with E-state index in [1.54, 1.807) is 0 Å². The number of rotatable bonds is 3. The van der Waals surface area contributed by atoms with Crippen molar-refractivity contribution in [3.8, 4) is 0 Å². The van der Waals surface area contributed by atoms with E-state index in [2.05, 4.69) is 10.2 Å². The van der Waals surface area contributed by atoms with Crippen molar-refractivity contribution < 1.29 is 4.79 Å². The summed E-state index contributed by atoms with van der Waals surface area (Å²) in [5.41, 5.74) is 7.66. The predicted octanol–water partition coefficient (Wildman–Crippen LogP) is 1.96. The zero-order valence-corrected chi connectivity index (χ0v) is 11.2. The second kappa shape index (κ2) is 5.42. The molecule has 0 bridgehead atoms. The highest BCUT2D eigenvalue weighted by Crippen LogP contribution is 2.24. The van der Waals surface area contributed by atoms with E-state index in [4.69, 9.17) is 5.73 Å². The first-order chi connectivity index (χ1) is 8.65. The highest BCUT2D eigenvalue weighted by atomic mass is 16.2. The number of amides is 1. The summed E-state index contributed by atoms with van der Waals surface area (Å²) >= 11 is 0. The number of aromatic amines is 1. The summed E-state index contributed by atoms with van der Waals surface area (Å²) in [6.45, 7) is 1.99. The number of carbonyl (C=O) groups excluding carboxylic acids is 1. The molecule has 5 nitrogen and oxygen atoms in total. The largest absolute Gasteiger partial charge is 0.395 e. The zero-order valence-electron chi connectivity index (χ0n) is 11.2. The summed E-state index contributed by atoms with van der Waals surface area (Å²) in [6.07, 6.45) is 6.64. The monoisotopic (exact) mass is 250 g/mol. The molecule has 0 spiro atoms. The topological polar surface area (TPSA) is 75.0 Å². The number of nitrogen functional groups attached to an aromatic ring is 1. The minimum Gasteiger partial charge on any atom is -0.395 e. The summed E-state index contributed by atoms with van der Waals surface area (Å²) in [5.74, 6) is -0.0599. The fourth-order valence-corrected chi connectivity index (χ4v) is 2.62. The Morgan fingerprint density at radius 2 is 2.11 bits per heavy atom. The molecular formula is C13H22N4O. The number of aryl methyl sites for hydroxylation is 1. The molecule has 1 fully saturated rings. The van der Waals surface area contributed by atoms with Gasteiger partial charge in [0.05, 0.1) is 11.4 Å². The lowest BCUT2D eigenvalue weighted by molar-refractivity contribution is 0.0691. The smallest absolute Gasteiger partial charge is 0.276 e. The van der Waals surface area contributed by atoms with Crippen LogP contribution in [-0.2, 0) is 6.42 Å². The van der Waals surface area contributed by atoms with Crippen LogP contribution in [0.3, 0.4) is 0 Å². The quantitative estimate of drug-likeness (QED) is 0.861. The Labute approximate surface area is 108 Å². The average Bonchev–Trinajstić information content (AvgIpc) is 2.79. The molecule has 1 aromatic rings. The van der Waals surface area contributed by atoms with Crippen molar-refractivity contribution >= 4 is 11.6 Å². The summed E-state index contributed by atoms with van der Waals surface area (Å²) < 4.78 is 0. The molecule has 1 heterocycles. The van der Waals surface area contributed by atoms with Crippen LogP contribution in [0.2, 0.25) is 0 Å². The van der Waals surface area contributed by atoms with Gasteiger partial charge in [-0.15, -0.1) is 0 Å². The summed E-state index contributed by atoms with van der Waals surface area (Å²) in [4.78, 5) is 14.2. The molecule has 5 heteroatoms. The standard InChI is InChI=1S/C13H22N4O/c1-3-10-11(14)12(16-15-10)13(18)17(2)9-7-5-4-6-8-9/h9H,3-8,14H2,1-2H3,(H,15,16). The molecule has 1 aromatic heterocycles. The van der Waals surface area contributed by atoms with E-state index in [1.807, 2.05) is 18.9 Å². The van der Waals surface area contributed by atoms with Crippen molar-refractivity contribution in [1.29, 1.82) is 0 Å². The molecule has 1 saturated carbocycles. The van der Waals surface area contributed by atoms with Crippen LogP contribution in [0.15, 0.2) is 0 Å². The summed E-state index contributed by atoms with van der Waals surface area (Å²) in [6, 6.07) is 0.340. The molecule has 18 heavy (non-hydrogen) atoms. The number of anilines is 1. The van der Waals surface area contributed by atoms with Gasteiger partial charge in [0.15, 0.2) is 5.69 Å². The minimum atomic E-state index is -0.0599. The molecule has 0 unspecified atom stereocenters. The fourth-order valence-electron chi connectivity index (χ4n) is 2.62. The van der Waals surface area contributed by atoms with Gasteiger partial charge in [0.2, 0.25) is 0 Å². The minimum absolute atomic E-state index is 0.0599. The number of aromatic nitrogens is 2. The van der Waals surface area contributed by atoms with Crippen LogP contribution in [0.25, 0.3) is 0 Å². The lowest BCUT2D eigenvalue weighted by atomic mass is 9.94. The number of hydrogen-bond donors (Lipinski definition) is 2. The van der Waals surface area contributed by atoms with Gasteiger partial charge in [-0.1, -0.05) is 26.2 Å². The van der Waals surface area contributed by atoms with E-state index in [1.165, 1.54) is 19.3 Å². The van der Waals surface area contributed by atoms with Crippen LogP contribution in [0, 0.1) is 0 Å². The maximum Gasteiger partial charge on any atom is 0.276 e. The Morgan fingerprint density at radius 1 is 1.44 bits per heavy atom. The molecule has 0 atom stereocenters. The Morgan fingerprint density at radius 3 is 2.67 bits per heavy atom. The molecule has 1 aliphatic rings. The SMILES string of the molecule is CCc1[nH]nc(C(=O)N(C)C2CCCCC2)c1N. The Balaban J connectivity index is 2.11. The zero-order chi connectivity index (χ0) is 13.1. The Kier molecular flexibility index (Phi) is 3.89. The van der Waals surface area contributed by atoms with E-state index >= 15 is 0 Å². The Bertz CT molecular complexity index is 421. The lowest BCUT2D eigenvalue weighted by Crippen LogP contribution is -2.38. The molecule has 0 radical (unpaired) electrons. The molecular weight excluding hydrogens is 228 g/mol. The number of hydrogen-bond acceptors (Lipinski definition) is 3. The van der Waals surface area contributed by atoms with Gasteiger partial charge >= 0.3 is 0 Å². The summed E-state index contributed by atoms with van der Waals surface area (Å²) in [5, 5.41) is 6.90. The lowest BCUT2D eigenvalue weighted by Gasteiger charge is -2.30. The van der Waals surface area contributed by atoms with Crippen molar-refractivity contribution in [2.75, 3.05) is 12.8 Å². The third-order valence-electron chi connectivity index (χ3n) is 3.88. The molecule has 2 rings (SSSR count). The van der Waals surface area contributed by atoms with Crippen molar-refractivity contribution in [3.05, 3.63) is 11.4 Å². The van der Waals surface area contributed by atoms with Gasteiger partial charge in [-0.2, -0.15) is 5.10 Å². The summed E-state index contributed by atoms with van der Waals surface area (Å²) in [7, 11) is 1.86. The Hall–Kier alpha value is -1.52. The van der Waals surface area contributed by atoms with Gasteiger partial charge in [0, 0.05) is 13.1 Å². The molecule has 100 valence electrons. The fraction of sp³-hybridized carbons (Fsp3) is 0.692. The van der Waals surface area contributed by atoms with Crippen LogP contribution >= 0.6 is 0 Å². The van der Waals surface area contributed by atoms with Crippen LogP contribution in [-0.4, -0.2) is 34.1 Å². The number of nitrogens with two attached hydrogens (primary N) is 1. The van der Waals surface area contributed by atoms with Crippen LogP contribution in [0.1, 0.15) is 55.2 Å². The first-order valence-corrected chi connectivity index (χ1v) is 6.75. The van der Waals surface area contributed by atoms with Gasteiger partial charge < -0.3 is 10.6 Å². The average molecular weight is 250 g/mol.